The molecule has 8 heteroatoms. The average molecular weight is 502 g/mol. The Morgan fingerprint density at radius 3 is 2.57 bits per heavy atom. The largest absolute Gasteiger partial charge is 0.369 e. The first kappa shape index (κ1) is 25.2. The van der Waals surface area contributed by atoms with Crippen LogP contribution in [-0.4, -0.2) is 72.1 Å². The number of likely N-dealkylation sites (tertiary alicyclic amines) is 1. The summed E-state index contributed by atoms with van der Waals surface area (Å²) in [6, 6.07) is 17.8. The fraction of sp³-hybridized carbons (Fsp3) is 0.414. The van der Waals surface area contributed by atoms with Crippen LogP contribution in [-0.2, 0) is 32.9 Å². The zero-order valence-electron chi connectivity index (χ0n) is 21.1. The molecule has 8 nitrogen and oxygen atoms in total. The van der Waals surface area contributed by atoms with Crippen LogP contribution in [0.25, 0.3) is 0 Å². The van der Waals surface area contributed by atoms with Crippen LogP contribution in [0.2, 0.25) is 0 Å². The molecule has 0 saturated carbocycles. The Morgan fingerprint density at radius 1 is 1.05 bits per heavy atom. The molecule has 3 N–H and O–H groups in total. The van der Waals surface area contributed by atoms with E-state index in [-0.39, 0.29) is 18.1 Å². The van der Waals surface area contributed by atoms with Crippen molar-refractivity contribution in [3.8, 4) is 0 Å². The van der Waals surface area contributed by atoms with Gasteiger partial charge in [-0.05, 0) is 48.4 Å². The molecule has 2 aliphatic heterocycles. The first-order valence-electron chi connectivity index (χ1n) is 13.1. The molecule has 194 valence electrons. The van der Waals surface area contributed by atoms with Gasteiger partial charge >= 0.3 is 0 Å². The lowest BCUT2D eigenvalue weighted by Gasteiger charge is -2.41. The number of hydrogen-bond acceptors (Lipinski definition) is 6. The molecule has 2 aromatic carbocycles. The third-order valence-electron chi connectivity index (χ3n) is 7.75. The molecule has 37 heavy (non-hydrogen) atoms. The number of carbonyl (C=O) groups excluding carboxylic acids is 3. The van der Waals surface area contributed by atoms with E-state index in [1.807, 2.05) is 54.6 Å². The number of carbonyl (C=O) groups is 3. The van der Waals surface area contributed by atoms with E-state index >= 15 is 0 Å². The Bertz CT molecular complexity index is 1180. The van der Waals surface area contributed by atoms with E-state index < -0.39 is 11.4 Å². The Morgan fingerprint density at radius 2 is 1.81 bits per heavy atom. The van der Waals surface area contributed by atoms with Gasteiger partial charge in [0.1, 0.15) is 17.5 Å². The second-order valence-electron chi connectivity index (χ2n) is 10.4. The molecule has 0 bridgehead atoms. The highest BCUT2D eigenvalue weighted by atomic mass is 16.2. The molecule has 0 spiro atoms. The van der Waals surface area contributed by atoms with Gasteiger partial charge in [-0.1, -0.05) is 54.6 Å². The highest BCUT2D eigenvalue weighted by Crippen LogP contribution is 2.34. The van der Waals surface area contributed by atoms with E-state index in [0.717, 1.165) is 48.9 Å². The maximum atomic E-state index is 13.8. The lowest BCUT2D eigenvalue weighted by Crippen LogP contribution is -2.56. The number of amides is 2. The molecule has 1 fully saturated rings. The summed E-state index contributed by atoms with van der Waals surface area (Å²) in [5.74, 6) is -0.0913. The van der Waals surface area contributed by atoms with Crippen molar-refractivity contribution in [2.24, 2.45) is 11.7 Å². The van der Waals surface area contributed by atoms with E-state index in [1.165, 1.54) is 0 Å². The molecule has 2 heterocycles. The van der Waals surface area contributed by atoms with Crippen LogP contribution in [0.15, 0.2) is 66.5 Å². The van der Waals surface area contributed by atoms with Crippen LogP contribution in [0.5, 0.6) is 0 Å². The van der Waals surface area contributed by atoms with Gasteiger partial charge in [-0.25, -0.2) is 0 Å². The fourth-order valence-electron chi connectivity index (χ4n) is 5.68. The molecule has 0 aromatic heterocycles. The van der Waals surface area contributed by atoms with Gasteiger partial charge in [0, 0.05) is 38.9 Å². The SMILES string of the molecule is NCC1CN(CC(=O)N2CCN(Cc3ccccc3)C=C2C(=O)NC2(C=O)CCCc3ccccc32)C1. The minimum Gasteiger partial charge on any atom is -0.369 e. The van der Waals surface area contributed by atoms with E-state index in [2.05, 4.69) is 15.1 Å². The molecule has 2 amide bonds. The number of aryl methyl sites for hydroxylation is 1. The number of nitrogens with one attached hydrogen (secondary N) is 1. The standard InChI is InChI=1S/C29H35N5O3/c30-15-23-17-33(18-23)20-27(36)34-14-13-32(16-22-7-2-1-3-8-22)19-26(34)28(37)31-29(21-35)12-6-10-24-9-4-5-11-25(24)29/h1-5,7-9,11,19,21,23H,6,10,12-18,20,30H2,(H,31,37). The highest BCUT2D eigenvalue weighted by molar-refractivity contribution is 6.00. The van der Waals surface area contributed by atoms with Crippen molar-refractivity contribution in [2.75, 3.05) is 39.3 Å². The smallest absolute Gasteiger partial charge is 0.270 e. The van der Waals surface area contributed by atoms with Gasteiger partial charge in [0.05, 0.1) is 6.54 Å². The Labute approximate surface area is 218 Å². The van der Waals surface area contributed by atoms with Crippen molar-refractivity contribution in [1.29, 1.82) is 0 Å². The topological polar surface area (TPSA) is 99.0 Å². The summed E-state index contributed by atoms with van der Waals surface area (Å²) < 4.78 is 0. The molecule has 1 atom stereocenters. The Kier molecular flexibility index (Phi) is 7.39. The molecule has 1 unspecified atom stereocenters. The molecule has 3 aliphatic rings. The van der Waals surface area contributed by atoms with E-state index in [9.17, 15) is 14.4 Å². The third kappa shape index (κ3) is 5.31. The van der Waals surface area contributed by atoms with Crippen molar-refractivity contribution in [2.45, 2.75) is 31.3 Å². The maximum Gasteiger partial charge on any atom is 0.270 e. The van der Waals surface area contributed by atoms with Crippen molar-refractivity contribution in [3.05, 3.63) is 83.2 Å². The molecule has 1 aliphatic carbocycles. The van der Waals surface area contributed by atoms with Crippen LogP contribution < -0.4 is 11.1 Å². The maximum absolute atomic E-state index is 13.8. The van der Waals surface area contributed by atoms with Gasteiger partial charge in [0.25, 0.3) is 5.91 Å². The fourth-order valence-corrected chi connectivity index (χ4v) is 5.68. The predicted octanol–water partition coefficient (Wildman–Crippen LogP) is 1.61. The molecular formula is C29H35N5O3. The summed E-state index contributed by atoms with van der Waals surface area (Å²) in [5.41, 5.74) is 7.96. The second kappa shape index (κ2) is 10.9. The van der Waals surface area contributed by atoms with Gasteiger partial charge < -0.3 is 25.6 Å². The average Bonchev–Trinajstić information content (AvgIpc) is 2.91. The summed E-state index contributed by atoms with van der Waals surface area (Å²) >= 11 is 0. The van der Waals surface area contributed by atoms with Gasteiger partial charge in [-0.2, -0.15) is 0 Å². The summed E-state index contributed by atoms with van der Waals surface area (Å²) in [6.45, 7) is 4.12. The normalized spacial score (nSPS) is 22.0. The van der Waals surface area contributed by atoms with Gasteiger partial charge in [-0.3, -0.25) is 14.5 Å². The predicted molar refractivity (Wildman–Crippen MR) is 141 cm³/mol. The zero-order valence-corrected chi connectivity index (χ0v) is 21.1. The summed E-state index contributed by atoms with van der Waals surface area (Å²) in [5, 5.41) is 3.05. The van der Waals surface area contributed by atoms with Crippen molar-refractivity contribution >= 4 is 18.1 Å². The number of nitrogens with zero attached hydrogens (tertiary/aromatic N) is 3. The van der Waals surface area contributed by atoms with Gasteiger partial charge in [0.2, 0.25) is 5.91 Å². The molecule has 0 radical (unpaired) electrons. The van der Waals surface area contributed by atoms with Crippen LogP contribution in [0, 0.1) is 5.92 Å². The minimum atomic E-state index is -1.10. The number of rotatable bonds is 8. The van der Waals surface area contributed by atoms with Gasteiger partial charge in [-0.15, -0.1) is 0 Å². The summed E-state index contributed by atoms with van der Waals surface area (Å²) in [7, 11) is 0. The summed E-state index contributed by atoms with van der Waals surface area (Å²) in [6.07, 6.45) is 4.83. The molecular weight excluding hydrogens is 466 g/mol. The summed E-state index contributed by atoms with van der Waals surface area (Å²) in [4.78, 5) is 45.4. The van der Waals surface area contributed by atoms with E-state index in [4.69, 9.17) is 5.73 Å². The number of benzene rings is 2. The monoisotopic (exact) mass is 501 g/mol. The van der Waals surface area contributed by atoms with Crippen molar-refractivity contribution < 1.29 is 14.4 Å². The van der Waals surface area contributed by atoms with Crippen LogP contribution in [0.4, 0.5) is 0 Å². The van der Waals surface area contributed by atoms with Crippen LogP contribution in [0.1, 0.15) is 29.5 Å². The Hall–Kier alpha value is -3.49. The van der Waals surface area contributed by atoms with E-state index in [1.54, 1.807) is 11.1 Å². The number of fused-ring (bicyclic) bond motifs is 1. The quantitative estimate of drug-likeness (QED) is 0.534. The first-order valence-corrected chi connectivity index (χ1v) is 13.1. The van der Waals surface area contributed by atoms with Crippen molar-refractivity contribution in [1.82, 2.24) is 20.0 Å². The van der Waals surface area contributed by atoms with Crippen LogP contribution in [0.3, 0.4) is 0 Å². The number of nitrogens with two attached hydrogens (primary N) is 1. The first-order chi connectivity index (χ1) is 18.0. The second-order valence-corrected chi connectivity index (χ2v) is 10.4. The Balaban J connectivity index is 1.40. The molecule has 1 saturated heterocycles. The highest BCUT2D eigenvalue weighted by Gasteiger charge is 2.40. The van der Waals surface area contributed by atoms with Crippen molar-refractivity contribution in [3.63, 3.8) is 0 Å². The van der Waals surface area contributed by atoms with E-state index in [0.29, 0.717) is 38.5 Å². The lowest BCUT2D eigenvalue weighted by atomic mass is 9.77. The molecule has 2 aromatic rings. The number of aldehydes is 1. The lowest BCUT2D eigenvalue weighted by molar-refractivity contribution is -0.136. The minimum absolute atomic E-state index is 0.111. The molecule has 5 rings (SSSR count). The zero-order chi connectivity index (χ0) is 25.8. The number of hydrogen-bond donors (Lipinski definition) is 2. The van der Waals surface area contributed by atoms with Crippen LogP contribution >= 0.6 is 0 Å². The van der Waals surface area contributed by atoms with Gasteiger partial charge in [0.15, 0.2) is 0 Å². The third-order valence-corrected chi connectivity index (χ3v) is 7.75.